The quantitative estimate of drug-likeness (QED) is 0.891. The van der Waals surface area contributed by atoms with Gasteiger partial charge in [-0.15, -0.1) is 0 Å². The molecule has 1 aromatic carbocycles. The van der Waals surface area contributed by atoms with E-state index in [4.69, 9.17) is 4.42 Å². The van der Waals surface area contributed by atoms with Gasteiger partial charge in [-0.25, -0.2) is 0 Å². The smallest absolute Gasteiger partial charge is 0.255 e. The van der Waals surface area contributed by atoms with E-state index < -0.39 is 6.04 Å². The molecule has 2 amide bonds. The van der Waals surface area contributed by atoms with E-state index in [2.05, 4.69) is 16.7 Å². The second-order valence-corrected chi connectivity index (χ2v) is 5.80. The Labute approximate surface area is 136 Å². The van der Waals surface area contributed by atoms with Crippen molar-refractivity contribution in [3.05, 3.63) is 59.0 Å². The molecule has 1 aromatic heterocycles. The van der Waals surface area contributed by atoms with E-state index in [1.54, 1.807) is 13.0 Å². The first-order valence-corrected chi connectivity index (χ1v) is 7.59. The number of nitrogens with one attached hydrogen (secondary N) is 2. The Morgan fingerprint density at radius 1 is 1.09 bits per heavy atom. The van der Waals surface area contributed by atoms with Gasteiger partial charge in [0.2, 0.25) is 5.91 Å². The molecule has 2 rings (SSSR count). The first kappa shape index (κ1) is 16.8. The van der Waals surface area contributed by atoms with Crippen LogP contribution in [0.4, 0.5) is 0 Å². The number of carbonyl (C=O) groups is 2. The molecule has 0 aliphatic rings. The highest BCUT2D eigenvalue weighted by Gasteiger charge is 2.20. The van der Waals surface area contributed by atoms with Crippen molar-refractivity contribution >= 4 is 11.8 Å². The molecule has 0 spiro atoms. The summed E-state index contributed by atoms with van der Waals surface area (Å²) in [7, 11) is 0. The maximum atomic E-state index is 12.3. The van der Waals surface area contributed by atoms with E-state index in [-0.39, 0.29) is 17.9 Å². The van der Waals surface area contributed by atoms with Crippen LogP contribution in [0, 0.1) is 13.8 Å². The Bertz CT molecular complexity index is 692. The summed E-state index contributed by atoms with van der Waals surface area (Å²) in [6.07, 6.45) is 2.76. The Hall–Kier alpha value is -2.56. The van der Waals surface area contributed by atoms with E-state index in [1.165, 1.54) is 12.5 Å². The summed E-state index contributed by atoms with van der Waals surface area (Å²) >= 11 is 0. The third kappa shape index (κ3) is 4.22. The van der Waals surface area contributed by atoms with Crippen LogP contribution in [0.25, 0.3) is 0 Å². The lowest BCUT2D eigenvalue weighted by atomic mass is 10.00. The fourth-order valence-corrected chi connectivity index (χ4v) is 2.38. The molecular weight excluding hydrogens is 292 g/mol. The summed E-state index contributed by atoms with van der Waals surface area (Å²) < 4.78 is 4.86. The number of furan rings is 1. The molecule has 122 valence electrons. The van der Waals surface area contributed by atoms with Crippen molar-refractivity contribution in [1.82, 2.24) is 10.6 Å². The molecule has 0 saturated heterocycles. The summed E-state index contributed by atoms with van der Waals surface area (Å²) in [6, 6.07) is 6.94. The Morgan fingerprint density at radius 2 is 1.83 bits per heavy atom. The maximum Gasteiger partial charge on any atom is 0.255 e. The second kappa shape index (κ2) is 7.13. The lowest BCUT2D eigenvalue weighted by Gasteiger charge is -2.20. The number of carbonyl (C=O) groups excluding carboxylic acids is 2. The van der Waals surface area contributed by atoms with Gasteiger partial charge in [-0.2, -0.15) is 0 Å². The number of rotatable bonds is 5. The van der Waals surface area contributed by atoms with Gasteiger partial charge in [-0.05, 0) is 44.9 Å². The van der Waals surface area contributed by atoms with Gasteiger partial charge in [0.15, 0.2) is 0 Å². The predicted octanol–water partition coefficient (Wildman–Crippen LogP) is 2.89. The molecule has 2 N–H and O–H groups in total. The number of hydrogen-bond donors (Lipinski definition) is 2. The van der Waals surface area contributed by atoms with Gasteiger partial charge < -0.3 is 15.1 Å². The van der Waals surface area contributed by atoms with Crippen molar-refractivity contribution in [2.75, 3.05) is 0 Å². The van der Waals surface area contributed by atoms with Crippen molar-refractivity contribution < 1.29 is 14.0 Å². The Kier molecular flexibility index (Phi) is 5.21. The van der Waals surface area contributed by atoms with Crippen LogP contribution in [0.2, 0.25) is 0 Å². The van der Waals surface area contributed by atoms with Gasteiger partial charge in [0.05, 0.1) is 17.9 Å². The highest BCUT2D eigenvalue weighted by atomic mass is 16.3. The largest absolute Gasteiger partial charge is 0.472 e. The van der Waals surface area contributed by atoms with Gasteiger partial charge in [0.1, 0.15) is 12.3 Å². The van der Waals surface area contributed by atoms with E-state index in [9.17, 15) is 9.59 Å². The average molecular weight is 314 g/mol. The fourth-order valence-electron chi connectivity index (χ4n) is 2.38. The van der Waals surface area contributed by atoms with Crippen LogP contribution in [0.5, 0.6) is 0 Å². The van der Waals surface area contributed by atoms with E-state index in [0.717, 1.165) is 16.7 Å². The Balaban J connectivity index is 1.97. The highest BCUT2D eigenvalue weighted by Crippen LogP contribution is 2.18. The molecule has 5 heteroatoms. The molecule has 0 aliphatic carbocycles. The Morgan fingerprint density at radius 3 is 2.48 bits per heavy atom. The van der Waals surface area contributed by atoms with Gasteiger partial charge in [0.25, 0.3) is 5.91 Å². The van der Waals surface area contributed by atoms with E-state index >= 15 is 0 Å². The number of amides is 2. The molecule has 23 heavy (non-hydrogen) atoms. The SMILES string of the molecule is Cc1ccc(C)c(C(C)NC(=O)C(C)NC(=O)c2ccoc2)c1. The normalized spacial score (nSPS) is 13.2. The molecule has 0 saturated carbocycles. The summed E-state index contributed by atoms with van der Waals surface area (Å²) in [6.45, 7) is 7.63. The zero-order valence-corrected chi connectivity index (χ0v) is 13.8. The molecule has 2 aromatic rings. The minimum absolute atomic E-state index is 0.129. The van der Waals surface area contributed by atoms with Crippen LogP contribution in [-0.4, -0.2) is 17.9 Å². The minimum atomic E-state index is -0.634. The molecule has 0 aliphatic heterocycles. The molecule has 2 atom stereocenters. The van der Waals surface area contributed by atoms with Crippen molar-refractivity contribution in [2.24, 2.45) is 0 Å². The van der Waals surface area contributed by atoms with Crippen molar-refractivity contribution in [2.45, 2.75) is 39.8 Å². The lowest BCUT2D eigenvalue weighted by molar-refractivity contribution is -0.123. The zero-order valence-electron chi connectivity index (χ0n) is 13.8. The van der Waals surface area contributed by atoms with Crippen LogP contribution in [0.3, 0.4) is 0 Å². The van der Waals surface area contributed by atoms with Crippen LogP contribution >= 0.6 is 0 Å². The fraction of sp³-hybridized carbons (Fsp3) is 0.333. The number of benzene rings is 1. The van der Waals surface area contributed by atoms with Crippen LogP contribution < -0.4 is 10.6 Å². The summed E-state index contributed by atoms with van der Waals surface area (Å²) in [5.74, 6) is -0.559. The summed E-state index contributed by atoms with van der Waals surface area (Å²) in [5.41, 5.74) is 3.74. The standard InChI is InChI=1S/C18H22N2O3/c1-11-5-6-12(2)16(9-11)13(3)19-17(21)14(4)20-18(22)15-7-8-23-10-15/h5-10,13-14H,1-4H3,(H,19,21)(H,20,22). The second-order valence-electron chi connectivity index (χ2n) is 5.80. The van der Waals surface area contributed by atoms with E-state index in [1.807, 2.05) is 32.9 Å². The van der Waals surface area contributed by atoms with Crippen LogP contribution in [0.1, 0.15) is 46.9 Å². The topological polar surface area (TPSA) is 71.3 Å². The molecule has 5 nitrogen and oxygen atoms in total. The van der Waals surface area contributed by atoms with Gasteiger partial charge >= 0.3 is 0 Å². The van der Waals surface area contributed by atoms with Gasteiger partial charge in [0, 0.05) is 0 Å². The monoisotopic (exact) mass is 314 g/mol. The minimum Gasteiger partial charge on any atom is -0.472 e. The third-order valence-corrected chi connectivity index (χ3v) is 3.78. The van der Waals surface area contributed by atoms with Gasteiger partial charge in [-0.1, -0.05) is 23.8 Å². The number of aryl methyl sites for hydroxylation is 2. The third-order valence-electron chi connectivity index (χ3n) is 3.78. The molecule has 0 bridgehead atoms. The highest BCUT2D eigenvalue weighted by molar-refractivity contribution is 5.97. The van der Waals surface area contributed by atoms with Crippen molar-refractivity contribution in [3.8, 4) is 0 Å². The van der Waals surface area contributed by atoms with E-state index in [0.29, 0.717) is 5.56 Å². The molecule has 1 heterocycles. The first-order valence-electron chi connectivity index (χ1n) is 7.59. The first-order chi connectivity index (χ1) is 10.9. The molecular formula is C18H22N2O3. The number of hydrogen-bond acceptors (Lipinski definition) is 3. The maximum absolute atomic E-state index is 12.3. The van der Waals surface area contributed by atoms with Crippen molar-refractivity contribution in [1.29, 1.82) is 0 Å². The van der Waals surface area contributed by atoms with Crippen LogP contribution in [0.15, 0.2) is 41.2 Å². The summed E-state index contributed by atoms with van der Waals surface area (Å²) in [5, 5.41) is 5.59. The van der Waals surface area contributed by atoms with Crippen LogP contribution in [-0.2, 0) is 4.79 Å². The predicted molar refractivity (Wildman–Crippen MR) is 88.1 cm³/mol. The summed E-state index contributed by atoms with van der Waals surface area (Å²) in [4.78, 5) is 24.2. The molecule has 2 unspecified atom stereocenters. The van der Waals surface area contributed by atoms with Crippen molar-refractivity contribution in [3.63, 3.8) is 0 Å². The average Bonchev–Trinajstić information content (AvgIpc) is 3.03. The molecule has 0 fully saturated rings. The molecule has 0 radical (unpaired) electrons. The lowest BCUT2D eigenvalue weighted by Crippen LogP contribution is -2.45. The zero-order chi connectivity index (χ0) is 17.0. The van der Waals surface area contributed by atoms with Gasteiger partial charge in [-0.3, -0.25) is 9.59 Å².